The molecular formula is C16H22N4. The van der Waals surface area contributed by atoms with Crippen molar-refractivity contribution >= 4 is 0 Å². The molecule has 1 fully saturated rings. The maximum absolute atomic E-state index is 4.47. The molecule has 0 aliphatic carbocycles. The van der Waals surface area contributed by atoms with Crippen molar-refractivity contribution < 1.29 is 0 Å². The van der Waals surface area contributed by atoms with Crippen LogP contribution < -0.4 is 0 Å². The van der Waals surface area contributed by atoms with Crippen LogP contribution in [0.4, 0.5) is 0 Å². The Morgan fingerprint density at radius 1 is 1.10 bits per heavy atom. The minimum atomic E-state index is 0.505. The van der Waals surface area contributed by atoms with Crippen LogP contribution in [-0.2, 0) is 7.05 Å². The fourth-order valence-corrected chi connectivity index (χ4v) is 2.84. The average molecular weight is 270 g/mol. The molecular weight excluding hydrogens is 248 g/mol. The number of nitrogens with zero attached hydrogens (tertiary/aromatic N) is 4. The summed E-state index contributed by atoms with van der Waals surface area (Å²) in [5.41, 5.74) is 2.47. The Morgan fingerprint density at radius 3 is 2.30 bits per heavy atom. The van der Waals surface area contributed by atoms with Crippen molar-refractivity contribution in [2.75, 3.05) is 13.1 Å². The summed E-state index contributed by atoms with van der Waals surface area (Å²) < 4.78 is 1.82. The normalized spacial score (nSPS) is 17.6. The molecule has 0 N–H and O–H groups in total. The molecule has 4 heteroatoms. The van der Waals surface area contributed by atoms with E-state index >= 15 is 0 Å². The highest BCUT2D eigenvalue weighted by atomic mass is 15.3. The predicted octanol–water partition coefficient (Wildman–Crippen LogP) is 2.95. The quantitative estimate of drug-likeness (QED) is 0.860. The monoisotopic (exact) mass is 270 g/mol. The lowest BCUT2D eigenvalue weighted by Crippen LogP contribution is -2.23. The molecule has 2 heterocycles. The molecule has 106 valence electrons. The third kappa shape index (κ3) is 2.48. The van der Waals surface area contributed by atoms with Crippen molar-refractivity contribution in [3.05, 3.63) is 35.7 Å². The predicted molar refractivity (Wildman–Crippen MR) is 80.4 cm³/mol. The van der Waals surface area contributed by atoms with Crippen LogP contribution in [0.25, 0.3) is 11.4 Å². The third-order valence-electron chi connectivity index (χ3n) is 4.32. The molecule has 0 saturated carbocycles. The standard InChI is InChI=1S/C16H22N4/c1-12(20-10-4-5-11-20)14-6-8-15(9-7-14)16-17-13(2)19(3)18-16/h6-9,12H,4-5,10-11H2,1-3H3/t12-/m0/s1. The lowest BCUT2D eigenvalue weighted by atomic mass is 10.0. The lowest BCUT2D eigenvalue weighted by Gasteiger charge is -2.24. The first-order valence-corrected chi connectivity index (χ1v) is 7.37. The molecule has 0 amide bonds. The highest BCUT2D eigenvalue weighted by Gasteiger charge is 2.19. The Kier molecular flexibility index (Phi) is 3.57. The molecule has 20 heavy (non-hydrogen) atoms. The van der Waals surface area contributed by atoms with Gasteiger partial charge in [0.25, 0.3) is 0 Å². The van der Waals surface area contributed by atoms with Gasteiger partial charge in [-0.2, -0.15) is 5.10 Å². The minimum Gasteiger partial charge on any atom is -0.297 e. The lowest BCUT2D eigenvalue weighted by molar-refractivity contribution is 0.263. The largest absolute Gasteiger partial charge is 0.297 e. The van der Waals surface area contributed by atoms with Gasteiger partial charge in [0.05, 0.1) is 0 Å². The zero-order valence-electron chi connectivity index (χ0n) is 12.5. The molecule has 2 aromatic rings. The van der Waals surface area contributed by atoms with E-state index in [4.69, 9.17) is 0 Å². The summed E-state index contributed by atoms with van der Waals surface area (Å²) in [6.45, 7) is 6.72. The summed E-state index contributed by atoms with van der Waals surface area (Å²) in [4.78, 5) is 7.03. The van der Waals surface area contributed by atoms with Crippen LogP contribution in [0.5, 0.6) is 0 Å². The van der Waals surface area contributed by atoms with Gasteiger partial charge in [-0.05, 0) is 45.3 Å². The van der Waals surface area contributed by atoms with E-state index in [-0.39, 0.29) is 0 Å². The summed E-state index contributed by atoms with van der Waals surface area (Å²) >= 11 is 0. The number of hydrogen-bond acceptors (Lipinski definition) is 3. The maximum Gasteiger partial charge on any atom is 0.181 e. The van der Waals surface area contributed by atoms with E-state index in [0.29, 0.717) is 6.04 Å². The molecule has 1 aromatic carbocycles. The summed E-state index contributed by atoms with van der Waals surface area (Å²) in [6.07, 6.45) is 2.67. The van der Waals surface area contributed by atoms with Gasteiger partial charge in [0.1, 0.15) is 5.82 Å². The van der Waals surface area contributed by atoms with Crippen molar-refractivity contribution in [2.24, 2.45) is 7.05 Å². The van der Waals surface area contributed by atoms with Gasteiger partial charge < -0.3 is 0 Å². The maximum atomic E-state index is 4.47. The van der Waals surface area contributed by atoms with Crippen molar-refractivity contribution in [2.45, 2.75) is 32.7 Å². The SMILES string of the molecule is Cc1nc(-c2ccc([C@H](C)N3CCCC3)cc2)nn1C. The zero-order valence-corrected chi connectivity index (χ0v) is 12.5. The first-order valence-electron chi connectivity index (χ1n) is 7.37. The van der Waals surface area contributed by atoms with Gasteiger partial charge in [-0.3, -0.25) is 9.58 Å². The first-order chi connectivity index (χ1) is 9.65. The Balaban J connectivity index is 1.80. The van der Waals surface area contributed by atoms with Gasteiger partial charge >= 0.3 is 0 Å². The topological polar surface area (TPSA) is 34.0 Å². The van der Waals surface area contributed by atoms with Gasteiger partial charge in [0.2, 0.25) is 0 Å². The molecule has 3 rings (SSSR count). The van der Waals surface area contributed by atoms with Gasteiger partial charge in [-0.15, -0.1) is 0 Å². The second-order valence-corrected chi connectivity index (χ2v) is 5.65. The number of hydrogen-bond donors (Lipinski definition) is 0. The van der Waals surface area contributed by atoms with Crippen molar-refractivity contribution in [3.8, 4) is 11.4 Å². The van der Waals surface area contributed by atoms with Crippen LogP contribution in [-0.4, -0.2) is 32.8 Å². The van der Waals surface area contributed by atoms with Gasteiger partial charge in [-0.1, -0.05) is 24.3 Å². The third-order valence-corrected chi connectivity index (χ3v) is 4.32. The Hall–Kier alpha value is -1.68. The Bertz CT molecular complexity index is 560. The van der Waals surface area contributed by atoms with E-state index < -0.39 is 0 Å². The van der Waals surface area contributed by atoms with E-state index in [0.717, 1.165) is 17.2 Å². The average Bonchev–Trinajstić information content (AvgIpc) is 3.09. The highest BCUT2D eigenvalue weighted by Crippen LogP contribution is 2.26. The number of aryl methyl sites for hydroxylation is 2. The second-order valence-electron chi connectivity index (χ2n) is 5.65. The molecule has 1 aliphatic heterocycles. The van der Waals surface area contributed by atoms with Crippen molar-refractivity contribution in [3.63, 3.8) is 0 Å². The molecule has 4 nitrogen and oxygen atoms in total. The van der Waals surface area contributed by atoms with Gasteiger partial charge in [-0.25, -0.2) is 4.98 Å². The zero-order chi connectivity index (χ0) is 14.1. The molecule has 0 bridgehead atoms. The van der Waals surface area contributed by atoms with Gasteiger partial charge in [0, 0.05) is 18.7 Å². The van der Waals surface area contributed by atoms with E-state index in [1.807, 2.05) is 18.7 Å². The molecule has 1 aliphatic rings. The highest BCUT2D eigenvalue weighted by molar-refractivity contribution is 5.55. The molecule has 0 radical (unpaired) electrons. The van der Waals surface area contributed by atoms with Crippen molar-refractivity contribution in [1.82, 2.24) is 19.7 Å². The first kappa shape index (κ1) is 13.3. The van der Waals surface area contributed by atoms with E-state index in [9.17, 15) is 0 Å². The molecule has 0 spiro atoms. The fraction of sp³-hybridized carbons (Fsp3) is 0.500. The molecule has 0 unspecified atom stereocenters. The second kappa shape index (κ2) is 5.37. The molecule has 1 atom stereocenters. The van der Waals surface area contributed by atoms with Crippen LogP contribution in [0.15, 0.2) is 24.3 Å². The van der Waals surface area contributed by atoms with Gasteiger partial charge in [0.15, 0.2) is 5.82 Å². The van der Waals surface area contributed by atoms with Crippen LogP contribution in [0, 0.1) is 6.92 Å². The van der Waals surface area contributed by atoms with E-state index in [1.165, 1.54) is 31.5 Å². The smallest absolute Gasteiger partial charge is 0.181 e. The Labute approximate surface area is 120 Å². The number of aromatic nitrogens is 3. The summed E-state index contributed by atoms with van der Waals surface area (Å²) in [7, 11) is 1.93. The number of likely N-dealkylation sites (tertiary alicyclic amines) is 1. The van der Waals surface area contributed by atoms with E-state index in [1.54, 1.807) is 0 Å². The van der Waals surface area contributed by atoms with E-state index in [2.05, 4.69) is 46.2 Å². The van der Waals surface area contributed by atoms with Crippen LogP contribution in [0.2, 0.25) is 0 Å². The summed E-state index contributed by atoms with van der Waals surface area (Å²) in [6, 6.07) is 9.20. The van der Waals surface area contributed by atoms with Crippen LogP contribution >= 0.6 is 0 Å². The number of benzene rings is 1. The van der Waals surface area contributed by atoms with Crippen molar-refractivity contribution in [1.29, 1.82) is 0 Å². The Morgan fingerprint density at radius 2 is 1.75 bits per heavy atom. The molecule has 1 saturated heterocycles. The van der Waals surface area contributed by atoms with Crippen LogP contribution in [0.3, 0.4) is 0 Å². The number of rotatable bonds is 3. The fourth-order valence-electron chi connectivity index (χ4n) is 2.84. The summed E-state index contributed by atoms with van der Waals surface area (Å²) in [5.74, 6) is 1.75. The molecule has 1 aromatic heterocycles. The minimum absolute atomic E-state index is 0.505. The van der Waals surface area contributed by atoms with Crippen LogP contribution in [0.1, 0.15) is 37.2 Å². The summed E-state index contributed by atoms with van der Waals surface area (Å²) in [5, 5.41) is 4.43.